The average Bonchev–Trinajstić information content (AvgIpc) is 3.04. The Balaban J connectivity index is 2.10. The van der Waals surface area contributed by atoms with E-state index in [0.717, 1.165) is 29.6 Å². The van der Waals surface area contributed by atoms with Crippen LogP contribution in [0.1, 0.15) is 11.3 Å². The standard InChI is InChI=1S/C22H23F2NO4S2/c1-15-17(9-11-30(27)12-10-26)13-22(16-3-6-19(7-4-16)31(2,28)29)25(15)18-5-8-20(23)21(24)14-18/h3-8,13-14,26H,9-12H2,1-2H3. The molecular weight excluding hydrogens is 444 g/mol. The van der Waals surface area contributed by atoms with Crippen LogP contribution in [0.2, 0.25) is 0 Å². The maximum absolute atomic E-state index is 13.9. The van der Waals surface area contributed by atoms with Gasteiger partial charge in [-0.1, -0.05) is 12.1 Å². The van der Waals surface area contributed by atoms with E-state index in [2.05, 4.69) is 0 Å². The molecule has 0 aliphatic heterocycles. The summed E-state index contributed by atoms with van der Waals surface area (Å²) in [7, 11) is -4.52. The lowest BCUT2D eigenvalue weighted by molar-refractivity contribution is 0.321. The first-order chi connectivity index (χ1) is 14.6. The van der Waals surface area contributed by atoms with E-state index in [1.54, 1.807) is 16.7 Å². The molecule has 0 amide bonds. The molecule has 0 bridgehead atoms. The number of aliphatic hydroxyl groups is 1. The third kappa shape index (κ3) is 5.28. The number of aromatic nitrogens is 1. The molecule has 1 unspecified atom stereocenters. The zero-order chi connectivity index (χ0) is 22.8. The molecule has 3 rings (SSSR count). The Kier molecular flexibility index (Phi) is 7.08. The fraction of sp³-hybridized carbons (Fsp3) is 0.273. The molecule has 1 heterocycles. The Labute approximate surface area is 182 Å². The van der Waals surface area contributed by atoms with E-state index in [9.17, 15) is 21.4 Å². The lowest BCUT2D eigenvalue weighted by Crippen LogP contribution is -2.08. The van der Waals surface area contributed by atoms with E-state index >= 15 is 0 Å². The minimum Gasteiger partial charge on any atom is -0.395 e. The van der Waals surface area contributed by atoms with Gasteiger partial charge in [-0.2, -0.15) is 0 Å². The molecule has 0 saturated carbocycles. The molecule has 5 nitrogen and oxygen atoms in total. The summed E-state index contributed by atoms with van der Waals surface area (Å²) in [6.07, 6.45) is 1.60. The number of sulfone groups is 1. The summed E-state index contributed by atoms with van der Waals surface area (Å²) in [4.78, 5) is 0.179. The smallest absolute Gasteiger partial charge is 0.175 e. The molecule has 9 heteroatoms. The van der Waals surface area contributed by atoms with Gasteiger partial charge in [0, 0.05) is 46.0 Å². The van der Waals surface area contributed by atoms with Gasteiger partial charge in [0.15, 0.2) is 21.5 Å². The molecule has 1 atom stereocenters. The van der Waals surface area contributed by atoms with Crippen LogP contribution in [0, 0.1) is 18.6 Å². The normalized spacial score (nSPS) is 12.8. The van der Waals surface area contributed by atoms with E-state index in [-0.39, 0.29) is 17.3 Å². The van der Waals surface area contributed by atoms with Crippen LogP contribution in [-0.2, 0) is 27.1 Å². The molecule has 0 fully saturated rings. The van der Waals surface area contributed by atoms with Crippen molar-refractivity contribution in [2.45, 2.75) is 18.2 Å². The fourth-order valence-corrected chi connectivity index (χ4v) is 4.87. The lowest BCUT2D eigenvalue weighted by Gasteiger charge is -2.13. The molecule has 0 radical (unpaired) electrons. The van der Waals surface area contributed by atoms with Crippen molar-refractivity contribution >= 4 is 20.6 Å². The molecule has 0 spiro atoms. The summed E-state index contributed by atoms with van der Waals surface area (Å²) in [5.74, 6) is -1.37. The fourth-order valence-electron chi connectivity index (χ4n) is 3.38. The number of halogens is 2. The minimum atomic E-state index is -3.35. The van der Waals surface area contributed by atoms with Crippen molar-refractivity contribution in [3.8, 4) is 16.9 Å². The molecule has 31 heavy (non-hydrogen) atoms. The molecule has 1 N–H and O–H groups in total. The first-order valence-electron chi connectivity index (χ1n) is 9.55. The topological polar surface area (TPSA) is 76.4 Å². The average molecular weight is 468 g/mol. The highest BCUT2D eigenvalue weighted by molar-refractivity contribution is 7.90. The Morgan fingerprint density at radius 2 is 1.68 bits per heavy atom. The summed E-state index contributed by atoms with van der Waals surface area (Å²) in [6.45, 7) is 1.68. The van der Waals surface area contributed by atoms with Crippen LogP contribution in [0.3, 0.4) is 0 Å². The van der Waals surface area contributed by atoms with Crippen LogP contribution >= 0.6 is 0 Å². The molecule has 0 aliphatic carbocycles. The van der Waals surface area contributed by atoms with Crippen LogP contribution < -0.4 is 0 Å². The van der Waals surface area contributed by atoms with Crippen molar-refractivity contribution in [1.29, 1.82) is 0 Å². The Morgan fingerprint density at radius 1 is 1.00 bits per heavy atom. The van der Waals surface area contributed by atoms with Crippen molar-refractivity contribution in [2.75, 3.05) is 24.4 Å². The maximum Gasteiger partial charge on any atom is 0.175 e. The van der Waals surface area contributed by atoms with Gasteiger partial charge in [-0.15, -0.1) is 0 Å². The van der Waals surface area contributed by atoms with Crippen molar-refractivity contribution in [2.24, 2.45) is 0 Å². The summed E-state index contributed by atoms with van der Waals surface area (Å²) >= 11 is 0. The Bertz CT molecular complexity index is 1220. The van der Waals surface area contributed by atoms with Crippen molar-refractivity contribution in [3.05, 3.63) is 71.4 Å². The molecule has 0 aliphatic rings. The molecular formula is C22H23F2NO4S2. The molecule has 1 aromatic heterocycles. The maximum atomic E-state index is 13.9. The molecule has 0 saturated heterocycles. The van der Waals surface area contributed by atoms with E-state index in [1.807, 2.05) is 13.0 Å². The van der Waals surface area contributed by atoms with Crippen LogP contribution in [0.5, 0.6) is 0 Å². The quantitative estimate of drug-likeness (QED) is 0.551. The predicted octanol–water partition coefficient (Wildman–Crippen LogP) is 3.42. The number of aliphatic hydroxyl groups excluding tert-OH is 1. The van der Waals surface area contributed by atoms with Crippen molar-refractivity contribution < 1.29 is 26.5 Å². The van der Waals surface area contributed by atoms with E-state index in [4.69, 9.17) is 5.11 Å². The van der Waals surface area contributed by atoms with Gasteiger partial charge in [-0.3, -0.25) is 4.21 Å². The highest BCUT2D eigenvalue weighted by Gasteiger charge is 2.17. The van der Waals surface area contributed by atoms with E-state index in [0.29, 0.717) is 29.1 Å². The Morgan fingerprint density at radius 3 is 2.26 bits per heavy atom. The first-order valence-corrected chi connectivity index (χ1v) is 12.9. The van der Waals surface area contributed by atoms with Crippen molar-refractivity contribution in [1.82, 2.24) is 4.57 Å². The van der Waals surface area contributed by atoms with Crippen LogP contribution in [0.15, 0.2) is 53.4 Å². The van der Waals surface area contributed by atoms with Crippen LogP contribution in [0.4, 0.5) is 8.78 Å². The third-order valence-electron chi connectivity index (χ3n) is 5.01. The number of rotatable bonds is 8. The third-order valence-corrected chi connectivity index (χ3v) is 7.44. The predicted molar refractivity (Wildman–Crippen MR) is 118 cm³/mol. The number of nitrogens with zero attached hydrogens (tertiary/aromatic N) is 1. The summed E-state index contributed by atoms with van der Waals surface area (Å²) < 4.78 is 64.7. The highest BCUT2D eigenvalue weighted by Crippen LogP contribution is 2.31. The molecule has 3 aromatic rings. The van der Waals surface area contributed by atoms with Crippen molar-refractivity contribution in [3.63, 3.8) is 0 Å². The zero-order valence-corrected chi connectivity index (χ0v) is 18.8. The SMILES string of the molecule is Cc1c(CCS(=O)CCO)cc(-c2ccc(S(C)(=O)=O)cc2)n1-c1ccc(F)c(F)c1. The summed E-state index contributed by atoms with van der Waals surface area (Å²) in [5, 5.41) is 8.96. The zero-order valence-electron chi connectivity index (χ0n) is 17.1. The van der Waals surface area contributed by atoms with Gasteiger partial charge in [0.05, 0.1) is 17.2 Å². The van der Waals surface area contributed by atoms with E-state index in [1.165, 1.54) is 18.2 Å². The lowest BCUT2D eigenvalue weighted by atomic mass is 10.1. The molecule has 2 aromatic carbocycles. The Hall–Kier alpha value is -2.36. The van der Waals surface area contributed by atoms with Gasteiger partial charge in [-0.05, 0) is 54.8 Å². The van der Waals surface area contributed by atoms with E-state index < -0.39 is 32.3 Å². The second kappa shape index (κ2) is 9.42. The van der Waals surface area contributed by atoms with Gasteiger partial charge in [0.1, 0.15) is 0 Å². The van der Waals surface area contributed by atoms with Gasteiger partial charge in [0.2, 0.25) is 0 Å². The second-order valence-electron chi connectivity index (χ2n) is 7.19. The number of benzene rings is 2. The minimum absolute atomic E-state index is 0.153. The number of aryl methyl sites for hydroxylation is 1. The highest BCUT2D eigenvalue weighted by atomic mass is 32.2. The summed E-state index contributed by atoms with van der Waals surface area (Å²) in [5.41, 5.74) is 3.43. The second-order valence-corrected chi connectivity index (χ2v) is 10.9. The van der Waals surface area contributed by atoms with Crippen LogP contribution in [0.25, 0.3) is 16.9 Å². The largest absolute Gasteiger partial charge is 0.395 e. The van der Waals surface area contributed by atoms with Gasteiger partial charge in [0.25, 0.3) is 0 Å². The summed E-state index contributed by atoms with van der Waals surface area (Å²) in [6, 6.07) is 11.8. The van der Waals surface area contributed by atoms with Crippen LogP contribution in [-0.4, -0.2) is 46.7 Å². The monoisotopic (exact) mass is 467 g/mol. The van der Waals surface area contributed by atoms with Gasteiger partial charge >= 0.3 is 0 Å². The first kappa shape index (κ1) is 23.3. The number of hydrogen-bond donors (Lipinski definition) is 1. The van der Waals surface area contributed by atoms with Gasteiger partial charge < -0.3 is 9.67 Å². The number of hydrogen-bond acceptors (Lipinski definition) is 4. The van der Waals surface area contributed by atoms with Gasteiger partial charge in [-0.25, -0.2) is 17.2 Å². The molecule has 166 valence electrons.